The molecule has 3 aromatic rings. The second-order valence-electron chi connectivity index (χ2n) is 4.48. The van der Waals surface area contributed by atoms with Crippen LogP contribution in [0.2, 0.25) is 0 Å². The first-order valence-electron chi connectivity index (χ1n) is 6.57. The van der Waals surface area contributed by atoms with Gasteiger partial charge in [-0.25, -0.2) is 19.7 Å². The van der Waals surface area contributed by atoms with Crippen LogP contribution < -0.4 is 10.1 Å². The quantitative estimate of drug-likeness (QED) is 0.731. The topological polar surface area (TPSA) is 99.0 Å². The summed E-state index contributed by atoms with van der Waals surface area (Å²) in [4.78, 5) is 34.9. The van der Waals surface area contributed by atoms with Crippen molar-refractivity contribution < 1.29 is 14.3 Å². The number of benzene rings is 1. The summed E-state index contributed by atoms with van der Waals surface area (Å²) in [6, 6.07) is 6.66. The van der Waals surface area contributed by atoms with Crippen LogP contribution in [0.3, 0.4) is 0 Å². The highest BCUT2D eigenvalue weighted by atomic mass is 16.5. The predicted molar refractivity (Wildman–Crippen MR) is 82.7 cm³/mol. The number of carbonyl (C=O) groups excluding carboxylic acids is 2. The van der Waals surface area contributed by atoms with Gasteiger partial charge >= 0.3 is 0 Å². The van der Waals surface area contributed by atoms with Crippen molar-refractivity contribution in [2.45, 2.75) is 0 Å². The van der Waals surface area contributed by atoms with Gasteiger partial charge in [-0.15, -0.1) is 0 Å². The molecule has 0 radical (unpaired) electrons. The fourth-order valence-electron chi connectivity index (χ4n) is 2.02. The molecule has 2 heterocycles. The summed E-state index contributed by atoms with van der Waals surface area (Å²) < 4.78 is 6.45. The number of aromatic nitrogens is 4. The summed E-state index contributed by atoms with van der Waals surface area (Å²) in [7, 11) is 1.55. The summed E-state index contributed by atoms with van der Waals surface area (Å²) in [6.07, 6.45) is 3.83. The molecule has 8 heteroatoms. The number of rotatable bonds is 4. The van der Waals surface area contributed by atoms with Gasteiger partial charge in [-0.1, -0.05) is 0 Å². The lowest BCUT2D eigenvalue weighted by atomic mass is 10.2. The van der Waals surface area contributed by atoms with Crippen LogP contribution in [0.1, 0.15) is 10.4 Å². The fourth-order valence-corrected chi connectivity index (χ4v) is 2.02. The Kier molecular flexibility index (Phi) is 3.82. The van der Waals surface area contributed by atoms with E-state index in [0.717, 1.165) is 6.20 Å². The molecule has 114 valence electrons. The van der Waals surface area contributed by atoms with Crippen molar-refractivity contribution in [1.82, 2.24) is 19.5 Å². The normalized spacial score (nSPS) is 10.1. The maximum Gasteiger partial charge on any atom is 0.256 e. The molecular formula is C15H11N5O3. The number of anilines is 1. The molecule has 0 spiro atoms. The minimum Gasteiger partial charge on any atom is -0.497 e. The van der Waals surface area contributed by atoms with E-state index in [1.165, 1.54) is 17.2 Å². The minimum absolute atomic E-state index is 0.258. The van der Waals surface area contributed by atoms with Crippen molar-refractivity contribution in [3.05, 3.63) is 42.5 Å². The van der Waals surface area contributed by atoms with Gasteiger partial charge in [0.15, 0.2) is 17.0 Å². The molecule has 3 rings (SSSR count). The molecule has 2 aromatic heterocycles. The SMILES string of the molecule is COc1ccc(C(=O)Nc2ncnc3c2ncn3C=C=O)cc1. The van der Waals surface area contributed by atoms with Crippen molar-refractivity contribution in [1.29, 1.82) is 0 Å². The van der Waals surface area contributed by atoms with E-state index in [-0.39, 0.29) is 11.7 Å². The number of nitrogens with zero attached hydrogens (tertiary/aromatic N) is 4. The molecular weight excluding hydrogens is 298 g/mol. The van der Waals surface area contributed by atoms with Crippen LogP contribution in [-0.4, -0.2) is 38.5 Å². The number of hydrogen-bond acceptors (Lipinski definition) is 6. The molecule has 0 saturated carbocycles. The Bertz CT molecular complexity index is 911. The Labute approximate surface area is 130 Å². The maximum absolute atomic E-state index is 12.3. The molecule has 0 unspecified atom stereocenters. The lowest BCUT2D eigenvalue weighted by Crippen LogP contribution is -2.13. The highest BCUT2D eigenvalue weighted by Gasteiger charge is 2.13. The molecule has 8 nitrogen and oxygen atoms in total. The van der Waals surface area contributed by atoms with Crippen LogP contribution in [0.5, 0.6) is 5.75 Å². The van der Waals surface area contributed by atoms with Gasteiger partial charge in [-0.05, 0) is 24.3 Å². The smallest absolute Gasteiger partial charge is 0.256 e. The van der Waals surface area contributed by atoms with Crippen molar-refractivity contribution in [2.24, 2.45) is 0 Å². The number of imidazole rings is 1. The van der Waals surface area contributed by atoms with E-state index < -0.39 is 0 Å². The van der Waals surface area contributed by atoms with Crippen LogP contribution in [0.15, 0.2) is 36.9 Å². The number of hydrogen-bond donors (Lipinski definition) is 1. The first kappa shape index (κ1) is 14.4. The van der Waals surface area contributed by atoms with Gasteiger partial charge in [0.05, 0.1) is 13.3 Å². The van der Waals surface area contributed by atoms with Gasteiger partial charge in [0.25, 0.3) is 5.91 Å². The third kappa shape index (κ3) is 2.78. The van der Waals surface area contributed by atoms with Gasteiger partial charge in [0.2, 0.25) is 0 Å². The van der Waals surface area contributed by atoms with Crippen molar-refractivity contribution in [2.75, 3.05) is 12.4 Å². The predicted octanol–water partition coefficient (Wildman–Crippen LogP) is 1.39. The molecule has 0 fully saturated rings. The van der Waals surface area contributed by atoms with E-state index >= 15 is 0 Å². The van der Waals surface area contributed by atoms with Crippen LogP contribution in [0.25, 0.3) is 17.4 Å². The van der Waals surface area contributed by atoms with Gasteiger partial charge < -0.3 is 10.1 Å². The van der Waals surface area contributed by atoms with Gasteiger partial charge in [-0.2, -0.15) is 0 Å². The third-order valence-electron chi connectivity index (χ3n) is 3.13. The summed E-state index contributed by atoms with van der Waals surface area (Å²) >= 11 is 0. The third-order valence-corrected chi connectivity index (χ3v) is 3.13. The second-order valence-corrected chi connectivity index (χ2v) is 4.48. The maximum atomic E-state index is 12.3. The molecule has 0 saturated heterocycles. The minimum atomic E-state index is -0.340. The zero-order chi connectivity index (χ0) is 16.2. The number of amides is 1. The second kappa shape index (κ2) is 6.08. The molecule has 1 N–H and O–H groups in total. The van der Waals surface area contributed by atoms with Crippen LogP contribution >= 0.6 is 0 Å². The van der Waals surface area contributed by atoms with E-state index in [9.17, 15) is 9.59 Å². The van der Waals surface area contributed by atoms with Crippen molar-refractivity contribution in [3.8, 4) is 5.75 Å². The molecule has 1 amide bonds. The van der Waals surface area contributed by atoms with Crippen molar-refractivity contribution >= 4 is 35.0 Å². The molecule has 1 aromatic carbocycles. The molecule has 0 aliphatic carbocycles. The Morgan fingerprint density at radius 2 is 2.04 bits per heavy atom. The number of ether oxygens (including phenoxy) is 1. The first-order chi connectivity index (χ1) is 11.2. The van der Waals surface area contributed by atoms with Gasteiger partial charge in [-0.3, -0.25) is 9.36 Å². The molecule has 0 bridgehead atoms. The van der Waals surface area contributed by atoms with Crippen LogP contribution in [-0.2, 0) is 4.79 Å². The Balaban J connectivity index is 1.91. The average molecular weight is 309 g/mol. The Hall–Kier alpha value is -3.51. The average Bonchev–Trinajstić information content (AvgIpc) is 2.99. The first-order valence-corrected chi connectivity index (χ1v) is 6.57. The lowest BCUT2D eigenvalue weighted by Gasteiger charge is -2.05. The zero-order valence-corrected chi connectivity index (χ0v) is 12.1. The Morgan fingerprint density at radius 1 is 1.26 bits per heavy atom. The van der Waals surface area contributed by atoms with Crippen LogP contribution in [0.4, 0.5) is 5.82 Å². The lowest BCUT2D eigenvalue weighted by molar-refractivity contribution is 0.102. The fraction of sp³-hybridized carbons (Fsp3) is 0.0667. The highest BCUT2D eigenvalue weighted by molar-refractivity contribution is 6.06. The number of carbonyl (C=O) groups is 1. The summed E-state index contributed by atoms with van der Waals surface area (Å²) in [5, 5.41) is 2.68. The van der Waals surface area contributed by atoms with Gasteiger partial charge in [0.1, 0.15) is 24.3 Å². The largest absolute Gasteiger partial charge is 0.497 e. The van der Waals surface area contributed by atoms with E-state index in [4.69, 9.17) is 4.74 Å². The van der Waals surface area contributed by atoms with E-state index in [1.54, 1.807) is 37.3 Å². The number of nitrogens with one attached hydrogen (secondary N) is 1. The highest BCUT2D eigenvalue weighted by Crippen LogP contribution is 2.19. The van der Waals surface area contributed by atoms with Crippen LogP contribution in [0, 0.1) is 0 Å². The molecule has 0 aliphatic rings. The number of methoxy groups -OCH3 is 1. The zero-order valence-electron chi connectivity index (χ0n) is 12.1. The Morgan fingerprint density at radius 3 is 2.74 bits per heavy atom. The monoisotopic (exact) mass is 309 g/mol. The van der Waals surface area contributed by atoms with E-state index in [1.807, 2.05) is 0 Å². The summed E-state index contributed by atoms with van der Waals surface area (Å²) in [6.45, 7) is 0. The molecule has 23 heavy (non-hydrogen) atoms. The van der Waals surface area contributed by atoms with Crippen molar-refractivity contribution in [3.63, 3.8) is 0 Å². The number of fused-ring (bicyclic) bond motifs is 1. The van der Waals surface area contributed by atoms with E-state index in [0.29, 0.717) is 22.5 Å². The summed E-state index contributed by atoms with van der Waals surface area (Å²) in [5.41, 5.74) is 1.22. The summed E-state index contributed by atoms with van der Waals surface area (Å²) in [5.74, 6) is 2.22. The molecule has 0 atom stereocenters. The van der Waals surface area contributed by atoms with Gasteiger partial charge in [0, 0.05) is 5.56 Å². The molecule has 0 aliphatic heterocycles. The standard InChI is InChI=1S/C15H11N5O3/c1-23-11-4-2-10(3-5-11)15(22)19-13-12-14(17-8-16-13)20(6-7-21)9-18-12/h2-6,8-9H,1H3,(H,16,17,19,22). The van der Waals surface area contributed by atoms with E-state index in [2.05, 4.69) is 20.3 Å².